The number of anilines is 1. The molecule has 0 aliphatic carbocycles. The molecule has 0 bridgehead atoms. The first-order valence-corrected chi connectivity index (χ1v) is 6.03. The van der Waals surface area contributed by atoms with Crippen molar-refractivity contribution in [3.05, 3.63) is 65.2 Å². The lowest BCUT2D eigenvalue weighted by Gasteiger charge is -2.22. The summed E-state index contributed by atoms with van der Waals surface area (Å²) in [6, 6.07) is 14.9. The minimum Gasteiger partial charge on any atom is -0.399 e. The molecule has 0 aromatic heterocycles. The van der Waals surface area contributed by atoms with E-state index in [4.69, 9.17) is 5.73 Å². The van der Waals surface area contributed by atoms with Crippen LogP contribution < -0.4 is 11.2 Å². The quantitative estimate of drug-likeness (QED) is 0.632. The molecule has 1 aliphatic heterocycles. The Morgan fingerprint density at radius 2 is 1.84 bits per heavy atom. The maximum atomic E-state index is 11.1. The van der Waals surface area contributed by atoms with E-state index < -0.39 is 0 Å². The minimum atomic E-state index is -0.381. The standard InChI is InChI=1S/C15H13N3O/c16-11-7-5-10(6-8-11)15-13-4-2-1-3-12(13)14(9-19)17-18-15/h1-9,14,17H,16H2. The number of hydrogen-bond acceptors (Lipinski definition) is 4. The van der Waals surface area contributed by atoms with Crippen molar-refractivity contribution < 1.29 is 4.79 Å². The smallest absolute Gasteiger partial charge is 0.148 e. The SMILES string of the molecule is Nc1ccc(C2=NNC(C=O)c3ccccc32)cc1. The number of fused-ring (bicyclic) bond motifs is 1. The average molecular weight is 251 g/mol. The number of carbonyl (C=O) groups is 1. The largest absolute Gasteiger partial charge is 0.399 e. The highest BCUT2D eigenvalue weighted by Crippen LogP contribution is 2.24. The monoisotopic (exact) mass is 251 g/mol. The number of nitrogen functional groups attached to an aromatic ring is 1. The molecule has 4 nitrogen and oxygen atoms in total. The molecule has 2 aromatic rings. The zero-order valence-electron chi connectivity index (χ0n) is 10.2. The van der Waals surface area contributed by atoms with Gasteiger partial charge in [0.1, 0.15) is 12.3 Å². The average Bonchev–Trinajstić information content (AvgIpc) is 2.47. The highest BCUT2D eigenvalue weighted by molar-refractivity contribution is 6.14. The van der Waals surface area contributed by atoms with Crippen molar-refractivity contribution in [3.8, 4) is 0 Å². The van der Waals surface area contributed by atoms with Crippen LogP contribution in [-0.4, -0.2) is 12.0 Å². The van der Waals surface area contributed by atoms with Gasteiger partial charge in [0.2, 0.25) is 0 Å². The van der Waals surface area contributed by atoms with E-state index in [0.717, 1.165) is 28.7 Å². The number of nitrogens with two attached hydrogens (primary N) is 1. The Balaban J connectivity index is 2.11. The summed E-state index contributed by atoms with van der Waals surface area (Å²) in [4.78, 5) is 11.1. The van der Waals surface area contributed by atoms with Gasteiger partial charge in [0.15, 0.2) is 0 Å². The van der Waals surface area contributed by atoms with Gasteiger partial charge in [0.05, 0.1) is 5.71 Å². The Hall–Kier alpha value is -2.62. The number of nitrogens with one attached hydrogen (secondary N) is 1. The second-order valence-electron chi connectivity index (χ2n) is 4.41. The number of carbonyl (C=O) groups excluding carboxylic acids is 1. The van der Waals surface area contributed by atoms with E-state index in [-0.39, 0.29) is 6.04 Å². The van der Waals surface area contributed by atoms with Gasteiger partial charge in [-0.1, -0.05) is 36.4 Å². The van der Waals surface area contributed by atoms with Crippen molar-refractivity contribution in [1.82, 2.24) is 5.43 Å². The third-order valence-corrected chi connectivity index (χ3v) is 3.19. The molecule has 0 amide bonds. The van der Waals surface area contributed by atoms with Crippen LogP contribution in [0.5, 0.6) is 0 Å². The number of benzene rings is 2. The molecular formula is C15H13N3O. The Bertz CT molecular complexity index is 647. The lowest BCUT2D eigenvalue weighted by Crippen LogP contribution is -2.27. The van der Waals surface area contributed by atoms with Gasteiger partial charge in [0, 0.05) is 16.8 Å². The van der Waals surface area contributed by atoms with Gasteiger partial charge in [-0.2, -0.15) is 5.10 Å². The van der Waals surface area contributed by atoms with Crippen LogP contribution in [-0.2, 0) is 4.79 Å². The zero-order chi connectivity index (χ0) is 13.2. The van der Waals surface area contributed by atoms with Crippen LogP contribution in [0.3, 0.4) is 0 Å². The first kappa shape index (κ1) is 11.5. The second-order valence-corrected chi connectivity index (χ2v) is 4.41. The van der Waals surface area contributed by atoms with E-state index in [1.807, 2.05) is 48.5 Å². The molecule has 94 valence electrons. The van der Waals surface area contributed by atoms with Crippen LogP contribution in [0.1, 0.15) is 22.7 Å². The van der Waals surface area contributed by atoms with Gasteiger partial charge in [-0.3, -0.25) is 5.43 Å². The Morgan fingerprint density at radius 3 is 2.58 bits per heavy atom. The van der Waals surface area contributed by atoms with Crippen LogP contribution in [0.25, 0.3) is 0 Å². The van der Waals surface area contributed by atoms with Crippen molar-refractivity contribution in [1.29, 1.82) is 0 Å². The lowest BCUT2D eigenvalue weighted by atomic mass is 9.93. The summed E-state index contributed by atoms with van der Waals surface area (Å²) in [7, 11) is 0. The Morgan fingerprint density at radius 1 is 1.11 bits per heavy atom. The molecule has 4 heteroatoms. The first-order valence-electron chi connectivity index (χ1n) is 6.03. The van der Waals surface area contributed by atoms with Crippen LogP contribution in [0.2, 0.25) is 0 Å². The van der Waals surface area contributed by atoms with E-state index >= 15 is 0 Å². The molecule has 0 spiro atoms. The summed E-state index contributed by atoms with van der Waals surface area (Å²) < 4.78 is 0. The predicted molar refractivity (Wildman–Crippen MR) is 74.9 cm³/mol. The summed E-state index contributed by atoms with van der Waals surface area (Å²) in [5, 5.41) is 4.32. The number of hydrogen-bond donors (Lipinski definition) is 2. The highest BCUT2D eigenvalue weighted by atomic mass is 16.1. The van der Waals surface area contributed by atoms with Crippen molar-refractivity contribution in [2.75, 3.05) is 5.73 Å². The zero-order valence-corrected chi connectivity index (χ0v) is 10.2. The maximum Gasteiger partial charge on any atom is 0.148 e. The van der Waals surface area contributed by atoms with Gasteiger partial charge in [-0.25, -0.2) is 0 Å². The summed E-state index contributed by atoms with van der Waals surface area (Å²) in [6.07, 6.45) is 0.863. The predicted octanol–water partition coefficient (Wildman–Crippen LogP) is 1.86. The molecule has 3 N–H and O–H groups in total. The molecule has 0 saturated carbocycles. The summed E-state index contributed by atoms with van der Waals surface area (Å²) in [6.45, 7) is 0. The summed E-state index contributed by atoms with van der Waals surface area (Å²) >= 11 is 0. The number of rotatable bonds is 2. The molecular weight excluding hydrogens is 238 g/mol. The fraction of sp³-hybridized carbons (Fsp3) is 0.0667. The van der Waals surface area contributed by atoms with E-state index in [1.165, 1.54) is 0 Å². The second kappa shape index (κ2) is 4.57. The van der Waals surface area contributed by atoms with Crippen molar-refractivity contribution in [2.45, 2.75) is 6.04 Å². The molecule has 2 aromatic carbocycles. The number of nitrogens with zero attached hydrogens (tertiary/aromatic N) is 1. The fourth-order valence-electron chi connectivity index (χ4n) is 2.21. The molecule has 1 unspecified atom stereocenters. The van der Waals surface area contributed by atoms with Crippen LogP contribution >= 0.6 is 0 Å². The fourth-order valence-corrected chi connectivity index (χ4v) is 2.21. The normalized spacial score (nSPS) is 17.1. The van der Waals surface area contributed by atoms with E-state index in [9.17, 15) is 4.79 Å². The topological polar surface area (TPSA) is 67.5 Å². The molecule has 3 rings (SSSR count). The summed E-state index contributed by atoms with van der Waals surface area (Å²) in [5.74, 6) is 0. The number of hydrazone groups is 1. The van der Waals surface area contributed by atoms with Gasteiger partial charge in [-0.15, -0.1) is 0 Å². The van der Waals surface area contributed by atoms with Crippen LogP contribution in [0.4, 0.5) is 5.69 Å². The van der Waals surface area contributed by atoms with Gasteiger partial charge >= 0.3 is 0 Å². The third-order valence-electron chi connectivity index (χ3n) is 3.19. The van der Waals surface area contributed by atoms with E-state index in [0.29, 0.717) is 5.69 Å². The van der Waals surface area contributed by atoms with Crippen LogP contribution in [0, 0.1) is 0 Å². The Labute approximate surface area is 110 Å². The molecule has 0 fully saturated rings. The van der Waals surface area contributed by atoms with Gasteiger partial charge in [-0.05, 0) is 17.7 Å². The Kier molecular flexibility index (Phi) is 2.76. The van der Waals surface area contributed by atoms with Crippen molar-refractivity contribution in [3.63, 3.8) is 0 Å². The lowest BCUT2D eigenvalue weighted by molar-refractivity contribution is -0.109. The molecule has 19 heavy (non-hydrogen) atoms. The molecule has 1 atom stereocenters. The minimum absolute atomic E-state index is 0.381. The van der Waals surface area contributed by atoms with E-state index in [2.05, 4.69) is 10.5 Å². The van der Waals surface area contributed by atoms with Crippen LogP contribution in [0.15, 0.2) is 53.6 Å². The van der Waals surface area contributed by atoms with Crippen molar-refractivity contribution in [2.24, 2.45) is 5.10 Å². The van der Waals surface area contributed by atoms with E-state index in [1.54, 1.807) is 0 Å². The molecule has 1 heterocycles. The van der Waals surface area contributed by atoms with Gasteiger partial charge in [0.25, 0.3) is 0 Å². The van der Waals surface area contributed by atoms with Crippen molar-refractivity contribution >= 4 is 17.7 Å². The van der Waals surface area contributed by atoms with Gasteiger partial charge < -0.3 is 10.5 Å². The molecule has 0 radical (unpaired) electrons. The molecule has 0 saturated heterocycles. The maximum absolute atomic E-state index is 11.1. The summed E-state index contributed by atoms with van der Waals surface area (Å²) in [5.41, 5.74) is 13.0. The highest BCUT2D eigenvalue weighted by Gasteiger charge is 2.22. The first-order chi connectivity index (χ1) is 9.29. The number of aldehydes is 1. The molecule has 1 aliphatic rings. The third kappa shape index (κ3) is 1.97.